The maximum absolute atomic E-state index is 12.0. The first kappa shape index (κ1) is 31.4. The van der Waals surface area contributed by atoms with Crippen LogP contribution >= 0.6 is 37.2 Å². The van der Waals surface area contributed by atoms with E-state index >= 15 is 0 Å². The lowest BCUT2D eigenvalue weighted by Crippen LogP contribution is -2.24. The fraction of sp³-hybridized carbons (Fsp3) is 0.296. The second-order valence-electron chi connectivity index (χ2n) is 8.03. The van der Waals surface area contributed by atoms with Crippen LogP contribution in [0.15, 0.2) is 84.2 Å². The number of ether oxygens (including phenoxy) is 1. The number of hydrogen-bond donors (Lipinski definition) is 1. The van der Waals surface area contributed by atoms with Crippen molar-refractivity contribution in [1.29, 1.82) is 0 Å². The number of hydrogen-bond acceptors (Lipinski definition) is 5. The van der Waals surface area contributed by atoms with E-state index in [4.69, 9.17) is 4.74 Å². The van der Waals surface area contributed by atoms with Gasteiger partial charge in [-0.15, -0.1) is 37.2 Å². The Balaban J connectivity index is 0.00000216. The summed E-state index contributed by atoms with van der Waals surface area (Å²) in [7, 11) is 0. The zero-order valence-corrected chi connectivity index (χ0v) is 22.7. The molecular weight excluding hydrogens is 519 g/mol. The summed E-state index contributed by atoms with van der Waals surface area (Å²) in [4.78, 5) is 20.4. The standard InChI is InChI=1S/C27H30N4O2.3ClH/c1-2-31-26-10-8-24(19-23(26)7-11-27(31)32)33-18-4-15-30-25(22-12-16-28-17-13-22)9-6-21-5-3-14-29-20-21;;;/h3,5,7-8,10-14,16-17,19-20,25,30H,2,4,6,9,15,18H2,1H3;3*1H. The summed E-state index contributed by atoms with van der Waals surface area (Å²) in [6.07, 6.45) is 10.3. The summed E-state index contributed by atoms with van der Waals surface area (Å²) in [5.41, 5.74) is 3.45. The molecule has 9 heteroatoms. The first-order valence-corrected chi connectivity index (χ1v) is 11.5. The van der Waals surface area contributed by atoms with E-state index in [0.717, 1.165) is 42.5 Å². The van der Waals surface area contributed by atoms with Gasteiger partial charge in [0.2, 0.25) is 0 Å². The predicted octanol–water partition coefficient (Wildman–Crippen LogP) is 5.81. The molecule has 1 atom stereocenters. The average molecular weight is 552 g/mol. The number of aryl methyl sites for hydroxylation is 2. The highest BCUT2D eigenvalue weighted by molar-refractivity contribution is 5.86. The third-order valence-corrected chi connectivity index (χ3v) is 5.81. The normalized spacial score (nSPS) is 11.0. The molecule has 0 saturated heterocycles. The molecule has 0 spiro atoms. The minimum absolute atomic E-state index is 0. The molecule has 0 fully saturated rings. The van der Waals surface area contributed by atoms with Gasteiger partial charge in [0.1, 0.15) is 5.75 Å². The molecule has 3 aromatic heterocycles. The van der Waals surface area contributed by atoms with Gasteiger partial charge in [0.25, 0.3) is 5.56 Å². The quantitative estimate of drug-likeness (QED) is 0.238. The maximum atomic E-state index is 12.0. The van der Waals surface area contributed by atoms with Crippen molar-refractivity contribution in [3.8, 4) is 5.75 Å². The minimum atomic E-state index is 0. The zero-order chi connectivity index (χ0) is 22.9. The fourth-order valence-corrected chi connectivity index (χ4v) is 4.08. The van der Waals surface area contributed by atoms with E-state index in [1.54, 1.807) is 16.8 Å². The summed E-state index contributed by atoms with van der Waals surface area (Å²) < 4.78 is 7.76. The Morgan fingerprint density at radius 1 is 0.972 bits per heavy atom. The van der Waals surface area contributed by atoms with E-state index in [-0.39, 0.29) is 48.8 Å². The van der Waals surface area contributed by atoms with E-state index < -0.39 is 0 Å². The monoisotopic (exact) mass is 550 g/mol. The number of fused-ring (bicyclic) bond motifs is 1. The highest BCUT2D eigenvalue weighted by Crippen LogP contribution is 2.21. The van der Waals surface area contributed by atoms with Gasteiger partial charge in [0.05, 0.1) is 12.1 Å². The van der Waals surface area contributed by atoms with E-state index in [0.29, 0.717) is 13.2 Å². The summed E-state index contributed by atoms with van der Waals surface area (Å²) in [6, 6.07) is 17.9. The van der Waals surface area contributed by atoms with Gasteiger partial charge in [0, 0.05) is 48.8 Å². The van der Waals surface area contributed by atoms with Crippen LogP contribution in [-0.2, 0) is 13.0 Å². The molecule has 3 heterocycles. The molecule has 0 radical (unpaired) electrons. The van der Waals surface area contributed by atoms with Crippen molar-refractivity contribution < 1.29 is 4.74 Å². The van der Waals surface area contributed by atoms with Gasteiger partial charge in [-0.1, -0.05) is 6.07 Å². The largest absolute Gasteiger partial charge is 0.494 e. The molecule has 1 unspecified atom stereocenters. The summed E-state index contributed by atoms with van der Waals surface area (Å²) in [6.45, 7) is 4.11. The van der Waals surface area contributed by atoms with Crippen molar-refractivity contribution in [3.05, 3.63) is 101 Å². The number of pyridine rings is 3. The second-order valence-corrected chi connectivity index (χ2v) is 8.03. The number of halogens is 3. The van der Waals surface area contributed by atoms with Gasteiger partial charge in [-0.25, -0.2) is 0 Å². The molecule has 0 saturated carbocycles. The van der Waals surface area contributed by atoms with Crippen molar-refractivity contribution in [1.82, 2.24) is 19.9 Å². The minimum Gasteiger partial charge on any atom is -0.494 e. The molecule has 0 aliphatic rings. The van der Waals surface area contributed by atoms with Crippen LogP contribution in [0.5, 0.6) is 5.75 Å². The third-order valence-electron chi connectivity index (χ3n) is 5.81. The SMILES string of the molecule is CCn1c(=O)ccc2cc(OCCCNC(CCc3cccnc3)c3ccncc3)ccc21.Cl.Cl.Cl. The van der Waals surface area contributed by atoms with Gasteiger partial charge in [0.15, 0.2) is 0 Å². The third kappa shape index (κ3) is 8.49. The Morgan fingerprint density at radius 2 is 1.78 bits per heavy atom. The molecule has 4 aromatic rings. The lowest BCUT2D eigenvalue weighted by Gasteiger charge is -2.19. The lowest BCUT2D eigenvalue weighted by molar-refractivity contribution is 0.304. The van der Waals surface area contributed by atoms with Crippen LogP contribution in [0.3, 0.4) is 0 Å². The maximum Gasteiger partial charge on any atom is 0.250 e. The summed E-state index contributed by atoms with van der Waals surface area (Å²) in [5.74, 6) is 0.825. The lowest BCUT2D eigenvalue weighted by atomic mass is 10.0. The molecule has 6 nitrogen and oxygen atoms in total. The van der Waals surface area contributed by atoms with Crippen molar-refractivity contribution in [2.75, 3.05) is 13.2 Å². The number of aromatic nitrogens is 3. The molecular formula is C27H33Cl3N4O2. The topological polar surface area (TPSA) is 69.0 Å². The number of benzene rings is 1. The molecule has 0 aliphatic carbocycles. The molecule has 0 bridgehead atoms. The average Bonchev–Trinajstić information content (AvgIpc) is 2.87. The van der Waals surface area contributed by atoms with Gasteiger partial charge in [-0.3, -0.25) is 14.8 Å². The first-order valence-electron chi connectivity index (χ1n) is 11.5. The highest BCUT2D eigenvalue weighted by atomic mass is 35.5. The van der Waals surface area contributed by atoms with Crippen LogP contribution < -0.4 is 15.6 Å². The van der Waals surface area contributed by atoms with Crippen LogP contribution in [-0.4, -0.2) is 27.7 Å². The van der Waals surface area contributed by atoms with Crippen LogP contribution in [0.2, 0.25) is 0 Å². The Kier molecular flexibility index (Phi) is 14.1. The van der Waals surface area contributed by atoms with Crippen molar-refractivity contribution in [2.45, 2.75) is 38.8 Å². The molecule has 1 N–H and O–H groups in total. The van der Waals surface area contributed by atoms with E-state index in [1.165, 1.54) is 11.1 Å². The Labute approximate surface area is 230 Å². The van der Waals surface area contributed by atoms with Gasteiger partial charge in [-0.2, -0.15) is 0 Å². The first-order chi connectivity index (χ1) is 16.2. The van der Waals surface area contributed by atoms with Crippen molar-refractivity contribution >= 4 is 48.1 Å². The van der Waals surface area contributed by atoms with Gasteiger partial charge >= 0.3 is 0 Å². The van der Waals surface area contributed by atoms with Crippen LogP contribution in [0.1, 0.15) is 36.9 Å². The van der Waals surface area contributed by atoms with Crippen molar-refractivity contribution in [3.63, 3.8) is 0 Å². The van der Waals surface area contributed by atoms with E-state index in [9.17, 15) is 4.79 Å². The van der Waals surface area contributed by atoms with E-state index in [1.807, 2.05) is 55.8 Å². The Hall–Kier alpha value is -2.64. The molecule has 0 aliphatic heterocycles. The molecule has 194 valence electrons. The Bertz CT molecular complexity index is 1220. The number of rotatable bonds is 11. The van der Waals surface area contributed by atoms with Crippen LogP contribution in [0, 0.1) is 0 Å². The van der Waals surface area contributed by atoms with Crippen LogP contribution in [0.25, 0.3) is 10.9 Å². The smallest absolute Gasteiger partial charge is 0.250 e. The number of nitrogens with zero attached hydrogens (tertiary/aromatic N) is 3. The zero-order valence-electron chi connectivity index (χ0n) is 20.2. The summed E-state index contributed by atoms with van der Waals surface area (Å²) in [5, 5.41) is 4.69. The molecule has 36 heavy (non-hydrogen) atoms. The highest BCUT2D eigenvalue weighted by Gasteiger charge is 2.11. The number of nitrogens with one attached hydrogen (secondary N) is 1. The Morgan fingerprint density at radius 3 is 2.50 bits per heavy atom. The van der Waals surface area contributed by atoms with E-state index in [2.05, 4.69) is 33.5 Å². The predicted molar refractivity (Wildman–Crippen MR) is 153 cm³/mol. The second kappa shape index (κ2) is 16.2. The van der Waals surface area contributed by atoms with Crippen LogP contribution in [0.4, 0.5) is 0 Å². The molecule has 4 rings (SSSR count). The summed E-state index contributed by atoms with van der Waals surface area (Å²) >= 11 is 0. The molecule has 1 aromatic carbocycles. The van der Waals surface area contributed by atoms with Crippen molar-refractivity contribution in [2.24, 2.45) is 0 Å². The van der Waals surface area contributed by atoms with Gasteiger partial charge in [-0.05, 0) is 86.3 Å². The molecule has 0 amide bonds. The van der Waals surface area contributed by atoms with Gasteiger partial charge < -0.3 is 14.6 Å². The fourth-order valence-electron chi connectivity index (χ4n) is 4.08.